The number of carbonyl (C=O) groups excluding carboxylic acids is 2. The zero-order chi connectivity index (χ0) is 42.9. The third-order valence-electron chi connectivity index (χ3n) is 8.85. The molecule has 6 aromatic rings. The highest BCUT2D eigenvalue weighted by Crippen LogP contribution is 2.36. The molecule has 0 saturated heterocycles. The minimum absolute atomic E-state index is 0.0501. The number of imidazole rings is 2. The predicted molar refractivity (Wildman–Crippen MR) is 195 cm³/mol. The normalized spacial score (nSPS) is 14.4. The fourth-order valence-electron chi connectivity index (χ4n) is 5.81. The number of alkyl halides is 2. The summed E-state index contributed by atoms with van der Waals surface area (Å²) in [6.07, 6.45) is 2.95. The van der Waals surface area contributed by atoms with E-state index >= 15 is 0 Å². The average molecular weight is 831 g/mol. The van der Waals surface area contributed by atoms with E-state index < -0.39 is 48.0 Å². The summed E-state index contributed by atoms with van der Waals surface area (Å²) in [6.45, 7) is 1.45. The molecule has 0 aliphatic carbocycles. The van der Waals surface area contributed by atoms with Gasteiger partial charge in [0.05, 0.1) is 35.3 Å². The van der Waals surface area contributed by atoms with Crippen molar-refractivity contribution in [2.24, 2.45) is 11.5 Å². The van der Waals surface area contributed by atoms with Crippen molar-refractivity contribution >= 4 is 11.8 Å². The Kier molecular flexibility index (Phi) is 10.8. The first kappa shape index (κ1) is 40.6. The van der Waals surface area contributed by atoms with Gasteiger partial charge in [0.25, 0.3) is 11.8 Å². The summed E-state index contributed by atoms with van der Waals surface area (Å²) in [5.74, 6) is 7.05. The molecule has 4 aromatic heterocycles. The molecule has 8 rings (SSSR count). The van der Waals surface area contributed by atoms with Crippen molar-refractivity contribution in [2.45, 2.75) is 38.1 Å². The average Bonchev–Trinajstić information content (AvgIpc) is 4.02. The number of aromatic nitrogens is 8. The quantitative estimate of drug-likeness (QED) is 0.139. The fourth-order valence-corrected chi connectivity index (χ4v) is 5.81. The van der Waals surface area contributed by atoms with E-state index in [1.807, 2.05) is 0 Å². The Balaban J connectivity index is 0.000000181. The lowest BCUT2D eigenvalue weighted by atomic mass is 10.0. The number of ether oxygens (including phenoxy) is 2. The number of aliphatic hydroxyl groups is 2. The molecular formula is C38H30F4N10O8. The van der Waals surface area contributed by atoms with E-state index in [4.69, 9.17) is 30.0 Å². The number of amides is 2. The van der Waals surface area contributed by atoms with Crippen molar-refractivity contribution in [3.05, 3.63) is 94.2 Å². The number of primary amides is 2. The van der Waals surface area contributed by atoms with Crippen LogP contribution in [0.5, 0.6) is 11.5 Å². The summed E-state index contributed by atoms with van der Waals surface area (Å²) in [7, 11) is 0. The van der Waals surface area contributed by atoms with Crippen LogP contribution in [0.15, 0.2) is 45.7 Å². The van der Waals surface area contributed by atoms with Gasteiger partial charge in [-0.25, -0.2) is 27.5 Å². The van der Waals surface area contributed by atoms with Crippen molar-refractivity contribution < 1.29 is 55.9 Å². The minimum atomic E-state index is -2.37. The molecule has 2 aromatic carbocycles. The molecule has 18 nitrogen and oxygen atoms in total. The Morgan fingerprint density at radius 3 is 1.45 bits per heavy atom. The highest BCUT2D eigenvalue weighted by molar-refractivity contribution is 5.92. The minimum Gasteiger partial charge on any atom is -0.491 e. The SMILES string of the molecule is Cc1nc([C@@](O)(C#Cc2cc3c(cc2F)OCCn2cc(C(N)=O)nc2-3)CF)no1.Cc1nc([C@](O)(C#Cc2cc3c(cc2F)OCCn2cc(C(N)=O)nc2-3)CF)no1. The lowest BCUT2D eigenvalue weighted by Crippen LogP contribution is -2.28. The second-order valence-electron chi connectivity index (χ2n) is 13.1. The molecule has 0 bridgehead atoms. The van der Waals surface area contributed by atoms with Gasteiger partial charge in [0.2, 0.25) is 34.6 Å². The van der Waals surface area contributed by atoms with Crippen LogP contribution in [0, 0.1) is 49.2 Å². The van der Waals surface area contributed by atoms with E-state index in [2.05, 4.69) is 53.9 Å². The lowest BCUT2D eigenvalue weighted by molar-refractivity contribution is 0.0584. The van der Waals surface area contributed by atoms with Gasteiger partial charge in [-0.05, 0) is 12.1 Å². The topological polar surface area (TPSA) is 259 Å². The van der Waals surface area contributed by atoms with Crippen LogP contribution in [0.3, 0.4) is 0 Å². The Labute approximate surface area is 335 Å². The van der Waals surface area contributed by atoms with Crippen molar-refractivity contribution in [3.63, 3.8) is 0 Å². The number of benzene rings is 2. The molecule has 0 unspecified atom stereocenters. The smallest absolute Gasteiger partial charge is 0.268 e. The van der Waals surface area contributed by atoms with Gasteiger partial charge in [0.1, 0.15) is 72.7 Å². The molecule has 2 atom stereocenters. The summed E-state index contributed by atoms with van der Waals surface area (Å²) < 4.78 is 80.1. The maximum Gasteiger partial charge on any atom is 0.268 e. The summed E-state index contributed by atoms with van der Waals surface area (Å²) in [5, 5.41) is 27.8. The molecule has 0 fully saturated rings. The van der Waals surface area contributed by atoms with Gasteiger partial charge in [-0.3, -0.25) is 9.59 Å². The molecule has 0 radical (unpaired) electrons. The Morgan fingerprint density at radius 2 is 1.12 bits per heavy atom. The van der Waals surface area contributed by atoms with Gasteiger partial charge in [0.15, 0.2) is 0 Å². The molecule has 6 N–H and O–H groups in total. The van der Waals surface area contributed by atoms with Crippen LogP contribution in [0.25, 0.3) is 22.8 Å². The van der Waals surface area contributed by atoms with Gasteiger partial charge < -0.3 is 49.3 Å². The third kappa shape index (κ3) is 7.96. The highest BCUT2D eigenvalue weighted by atomic mass is 19.1. The standard InChI is InChI=1S/2C19H15F2N5O4/c2*1-10-23-18(25-30-10)19(28,9-20)3-2-11-6-12-15(7-13(11)21)29-5-4-26-8-14(16(22)27)24-17(12)26/h2*6-8,28H,4-5,9H2,1H3,(H2,22,27)/t2*19-/m10/s1. The van der Waals surface area contributed by atoms with E-state index in [0.29, 0.717) is 35.9 Å². The van der Waals surface area contributed by atoms with E-state index in [9.17, 15) is 37.4 Å². The molecule has 2 aliphatic heterocycles. The number of nitrogens with zero attached hydrogens (tertiary/aromatic N) is 8. The maximum absolute atomic E-state index is 14.6. The lowest BCUT2D eigenvalue weighted by Gasteiger charge is -2.13. The molecule has 6 heterocycles. The number of carbonyl (C=O) groups is 2. The second-order valence-corrected chi connectivity index (χ2v) is 13.1. The zero-order valence-corrected chi connectivity index (χ0v) is 31.3. The van der Waals surface area contributed by atoms with Crippen LogP contribution in [0.1, 0.15) is 55.5 Å². The number of rotatable bonds is 6. The maximum atomic E-state index is 14.6. The molecule has 0 saturated carbocycles. The number of aryl methyl sites for hydroxylation is 2. The van der Waals surface area contributed by atoms with E-state index in [1.54, 1.807) is 9.13 Å². The van der Waals surface area contributed by atoms with E-state index in [0.717, 1.165) is 12.1 Å². The van der Waals surface area contributed by atoms with Crippen LogP contribution < -0.4 is 20.9 Å². The first-order chi connectivity index (χ1) is 28.6. The molecule has 308 valence electrons. The Hall–Kier alpha value is -7.56. The summed E-state index contributed by atoms with van der Waals surface area (Å²) in [4.78, 5) is 38.9. The first-order valence-electron chi connectivity index (χ1n) is 17.5. The van der Waals surface area contributed by atoms with E-state index in [1.165, 1.54) is 38.4 Å². The van der Waals surface area contributed by atoms with Gasteiger partial charge in [0, 0.05) is 38.4 Å². The van der Waals surface area contributed by atoms with Gasteiger partial charge in [-0.2, -0.15) is 9.97 Å². The Bertz CT molecular complexity index is 2610. The van der Waals surface area contributed by atoms with Gasteiger partial charge in [-0.1, -0.05) is 34.0 Å². The van der Waals surface area contributed by atoms with Crippen LogP contribution in [-0.2, 0) is 24.3 Å². The monoisotopic (exact) mass is 830 g/mol. The summed E-state index contributed by atoms with van der Waals surface area (Å²) in [6, 6.07) is 4.90. The van der Waals surface area contributed by atoms with Crippen molar-refractivity contribution in [2.75, 3.05) is 26.6 Å². The number of fused-ring (bicyclic) bond motifs is 6. The van der Waals surface area contributed by atoms with Crippen molar-refractivity contribution in [1.29, 1.82) is 0 Å². The molecule has 22 heteroatoms. The van der Waals surface area contributed by atoms with Crippen LogP contribution in [0.2, 0.25) is 0 Å². The molecule has 60 heavy (non-hydrogen) atoms. The Morgan fingerprint density at radius 1 is 0.717 bits per heavy atom. The zero-order valence-electron chi connectivity index (χ0n) is 31.3. The van der Waals surface area contributed by atoms with Crippen LogP contribution in [-0.4, -0.2) is 88.0 Å². The highest BCUT2D eigenvalue weighted by Gasteiger charge is 2.34. The molecule has 2 aliphatic rings. The number of halogens is 4. The van der Waals surface area contributed by atoms with Gasteiger partial charge in [-0.15, -0.1) is 0 Å². The molecule has 2 amide bonds. The number of hydrogen-bond acceptors (Lipinski definition) is 14. The fraction of sp³-hybridized carbons (Fsp3) is 0.263. The molecular weight excluding hydrogens is 800 g/mol. The van der Waals surface area contributed by atoms with Crippen LogP contribution >= 0.6 is 0 Å². The second kappa shape index (κ2) is 16.0. The van der Waals surface area contributed by atoms with Crippen LogP contribution in [0.4, 0.5) is 17.6 Å². The van der Waals surface area contributed by atoms with Crippen molar-refractivity contribution in [1.82, 2.24) is 39.4 Å². The van der Waals surface area contributed by atoms with E-state index in [-0.39, 0.29) is 70.7 Å². The first-order valence-corrected chi connectivity index (χ1v) is 17.5. The third-order valence-corrected chi connectivity index (χ3v) is 8.85. The number of nitrogens with two attached hydrogens (primary N) is 2. The number of hydrogen-bond donors (Lipinski definition) is 4. The predicted octanol–water partition coefficient (Wildman–Crippen LogP) is 2.16. The van der Waals surface area contributed by atoms with Crippen molar-refractivity contribution in [3.8, 4) is 58.0 Å². The molecule has 0 spiro atoms. The largest absolute Gasteiger partial charge is 0.491 e. The summed E-state index contributed by atoms with van der Waals surface area (Å²) >= 11 is 0. The van der Waals surface area contributed by atoms with Gasteiger partial charge >= 0.3 is 0 Å². The summed E-state index contributed by atoms with van der Waals surface area (Å²) in [5.41, 5.74) is 6.38.